The van der Waals surface area contributed by atoms with Gasteiger partial charge in [0.15, 0.2) is 0 Å². The van der Waals surface area contributed by atoms with E-state index < -0.39 is 0 Å². The maximum atomic E-state index is 4.64. The maximum absolute atomic E-state index is 4.64. The smallest absolute Gasteiger partial charge is 0.0953 e. The van der Waals surface area contributed by atoms with E-state index in [2.05, 4.69) is 52.2 Å². The van der Waals surface area contributed by atoms with Crippen LogP contribution in [0.15, 0.2) is 17.9 Å². The molecule has 0 aliphatic rings. The van der Waals surface area contributed by atoms with Gasteiger partial charge in [-0.25, -0.2) is 9.97 Å². The van der Waals surface area contributed by atoms with E-state index in [1.165, 1.54) is 5.01 Å². The molecular formula is C15H24N4S. The molecule has 0 saturated carbocycles. The second-order valence-corrected chi connectivity index (χ2v) is 6.49. The Balaban J connectivity index is 1.85. The molecule has 0 amide bonds. The molecule has 0 unspecified atom stereocenters. The highest BCUT2D eigenvalue weighted by molar-refractivity contribution is 7.09. The van der Waals surface area contributed by atoms with Crippen LogP contribution in [0.5, 0.6) is 0 Å². The Labute approximate surface area is 125 Å². The molecule has 0 aliphatic heterocycles. The van der Waals surface area contributed by atoms with E-state index in [0.29, 0.717) is 5.92 Å². The third-order valence-electron chi connectivity index (χ3n) is 2.95. The van der Waals surface area contributed by atoms with Crippen molar-refractivity contribution in [3.8, 4) is 0 Å². The van der Waals surface area contributed by atoms with Crippen LogP contribution in [-0.4, -0.2) is 21.1 Å². The fourth-order valence-electron chi connectivity index (χ4n) is 2.01. The minimum atomic E-state index is 0.670. The lowest BCUT2D eigenvalue weighted by Gasteiger charge is -2.04. The quantitative estimate of drug-likeness (QED) is 0.813. The minimum Gasteiger partial charge on any atom is -0.331 e. The number of imidazole rings is 1. The Morgan fingerprint density at radius 3 is 2.95 bits per heavy atom. The zero-order chi connectivity index (χ0) is 14.4. The molecule has 0 radical (unpaired) electrons. The Hall–Kier alpha value is -1.20. The van der Waals surface area contributed by atoms with Crippen molar-refractivity contribution in [1.29, 1.82) is 0 Å². The molecule has 4 nitrogen and oxygen atoms in total. The van der Waals surface area contributed by atoms with Crippen LogP contribution in [0.3, 0.4) is 0 Å². The zero-order valence-corrected chi connectivity index (χ0v) is 13.4. The topological polar surface area (TPSA) is 42.7 Å². The van der Waals surface area contributed by atoms with Crippen LogP contribution in [0.2, 0.25) is 0 Å². The van der Waals surface area contributed by atoms with Crippen molar-refractivity contribution in [3.05, 3.63) is 34.3 Å². The average Bonchev–Trinajstić information content (AvgIpc) is 3.00. The number of aryl methyl sites for hydroxylation is 1. The second-order valence-electron chi connectivity index (χ2n) is 5.54. The van der Waals surface area contributed by atoms with Crippen molar-refractivity contribution < 1.29 is 0 Å². The van der Waals surface area contributed by atoms with Gasteiger partial charge in [0, 0.05) is 18.1 Å². The van der Waals surface area contributed by atoms with Gasteiger partial charge in [0.1, 0.15) is 0 Å². The van der Waals surface area contributed by atoms with Crippen molar-refractivity contribution in [2.45, 2.75) is 46.7 Å². The van der Waals surface area contributed by atoms with Gasteiger partial charge in [-0.15, -0.1) is 11.3 Å². The molecule has 2 heterocycles. The zero-order valence-electron chi connectivity index (χ0n) is 12.6. The largest absolute Gasteiger partial charge is 0.331 e. The van der Waals surface area contributed by atoms with E-state index in [0.717, 1.165) is 43.9 Å². The number of nitrogens with zero attached hydrogens (tertiary/aromatic N) is 3. The van der Waals surface area contributed by atoms with E-state index >= 15 is 0 Å². The molecule has 0 aromatic carbocycles. The fraction of sp³-hybridized carbons (Fsp3) is 0.600. The number of hydrogen-bond acceptors (Lipinski definition) is 4. The van der Waals surface area contributed by atoms with Gasteiger partial charge < -0.3 is 9.88 Å². The van der Waals surface area contributed by atoms with Crippen LogP contribution in [0.1, 0.15) is 43.6 Å². The molecule has 110 valence electrons. The third kappa shape index (κ3) is 4.72. The summed E-state index contributed by atoms with van der Waals surface area (Å²) in [6, 6.07) is 0. The van der Waals surface area contributed by atoms with Gasteiger partial charge in [0.2, 0.25) is 0 Å². The number of thiazole rings is 1. The van der Waals surface area contributed by atoms with E-state index in [4.69, 9.17) is 0 Å². The molecule has 2 rings (SSSR count). The van der Waals surface area contributed by atoms with Crippen molar-refractivity contribution in [3.63, 3.8) is 0 Å². The van der Waals surface area contributed by atoms with E-state index in [1.807, 2.05) is 6.33 Å². The van der Waals surface area contributed by atoms with Crippen LogP contribution in [0.4, 0.5) is 0 Å². The maximum Gasteiger partial charge on any atom is 0.0953 e. The number of nitrogens with one attached hydrogen (secondary N) is 1. The Morgan fingerprint density at radius 2 is 2.20 bits per heavy atom. The van der Waals surface area contributed by atoms with Crippen molar-refractivity contribution in [2.75, 3.05) is 6.54 Å². The second kappa shape index (κ2) is 7.55. The van der Waals surface area contributed by atoms with Crippen LogP contribution < -0.4 is 5.32 Å². The summed E-state index contributed by atoms with van der Waals surface area (Å²) >= 11 is 1.76. The molecule has 1 N–H and O–H groups in total. The summed E-state index contributed by atoms with van der Waals surface area (Å²) in [4.78, 5) is 9.07. The van der Waals surface area contributed by atoms with Crippen LogP contribution in [0.25, 0.3) is 0 Å². The SMILES string of the molecule is CCCc1nc(Cn2cnc(CNCC(C)C)c2)cs1. The summed E-state index contributed by atoms with van der Waals surface area (Å²) in [5, 5.41) is 6.80. The van der Waals surface area contributed by atoms with Gasteiger partial charge in [-0.1, -0.05) is 20.8 Å². The summed E-state index contributed by atoms with van der Waals surface area (Å²) in [5.74, 6) is 0.670. The summed E-state index contributed by atoms with van der Waals surface area (Å²) < 4.78 is 2.11. The number of hydrogen-bond donors (Lipinski definition) is 1. The Bertz CT molecular complexity index is 515. The van der Waals surface area contributed by atoms with Gasteiger partial charge >= 0.3 is 0 Å². The van der Waals surface area contributed by atoms with E-state index in [9.17, 15) is 0 Å². The first-order valence-electron chi connectivity index (χ1n) is 7.32. The summed E-state index contributed by atoms with van der Waals surface area (Å²) in [7, 11) is 0. The number of rotatable bonds is 8. The van der Waals surface area contributed by atoms with Gasteiger partial charge in [0.25, 0.3) is 0 Å². The van der Waals surface area contributed by atoms with Crippen molar-refractivity contribution >= 4 is 11.3 Å². The predicted molar refractivity (Wildman–Crippen MR) is 84.0 cm³/mol. The first kappa shape index (κ1) is 15.2. The first-order chi connectivity index (χ1) is 9.67. The van der Waals surface area contributed by atoms with Crippen LogP contribution in [-0.2, 0) is 19.5 Å². The van der Waals surface area contributed by atoms with Crippen LogP contribution >= 0.6 is 11.3 Å². The highest BCUT2D eigenvalue weighted by atomic mass is 32.1. The predicted octanol–water partition coefficient (Wildman–Crippen LogP) is 3.09. The van der Waals surface area contributed by atoms with Crippen LogP contribution in [0, 0.1) is 5.92 Å². The summed E-state index contributed by atoms with van der Waals surface area (Å²) in [5.41, 5.74) is 2.23. The molecule has 0 bridgehead atoms. The molecule has 20 heavy (non-hydrogen) atoms. The molecule has 0 fully saturated rings. The lowest BCUT2D eigenvalue weighted by Crippen LogP contribution is -2.19. The minimum absolute atomic E-state index is 0.670. The first-order valence-corrected chi connectivity index (χ1v) is 8.20. The Morgan fingerprint density at radius 1 is 1.35 bits per heavy atom. The van der Waals surface area contributed by atoms with E-state index in [-0.39, 0.29) is 0 Å². The third-order valence-corrected chi connectivity index (χ3v) is 3.91. The fourth-order valence-corrected chi connectivity index (χ4v) is 2.90. The van der Waals surface area contributed by atoms with Crippen molar-refractivity contribution in [2.24, 2.45) is 5.92 Å². The lowest BCUT2D eigenvalue weighted by molar-refractivity contribution is 0.548. The Kier molecular flexibility index (Phi) is 5.73. The van der Waals surface area contributed by atoms with Gasteiger partial charge in [0.05, 0.1) is 29.3 Å². The standard InChI is InChI=1S/C15H24N4S/c1-4-5-15-18-14(10-20-15)9-19-8-13(17-11-19)7-16-6-12(2)3/h8,10-12,16H,4-7,9H2,1-3H3. The van der Waals surface area contributed by atoms with Gasteiger partial charge in [-0.05, 0) is 25.3 Å². The average molecular weight is 292 g/mol. The van der Waals surface area contributed by atoms with Gasteiger partial charge in [-0.2, -0.15) is 0 Å². The van der Waals surface area contributed by atoms with Crippen molar-refractivity contribution in [1.82, 2.24) is 19.9 Å². The molecule has 2 aromatic rings. The molecule has 0 spiro atoms. The highest BCUT2D eigenvalue weighted by Crippen LogP contribution is 2.13. The molecule has 0 atom stereocenters. The van der Waals surface area contributed by atoms with Gasteiger partial charge in [-0.3, -0.25) is 0 Å². The molecule has 2 aromatic heterocycles. The molecule has 0 saturated heterocycles. The summed E-state index contributed by atoms with van der Waals surface area (Å²) in [6.07, 6.45) is 6.24. The van der Waals surface area contributed by atoms with E-state index in [1.54, 1.807) is 11.3 Å². The lowest BCUT2D eigenvalue weighted by atomic mass is 10.2. The normalized spacial score (nSPS) is 11.4. The number of aromatic nitrogens is 3. The molecule has 5 heteroatoms. The molecular weight excluding hydrogens is 268 g/mol. The summed E-state index contributed by atoms with van der Waals surface area (Å²) in [6.45, 7) is 9.29. The highest BCUT2D eigenvalue weighted by Gasteiger charge is 2.04. The molecule has 0 aliphatic carbocycles. The monoisotopic (exact) mass is 292 g/mol.